The third-order valence-corrected chi connectivity index (χ3v) is 7.13. The second-order valence-electron chi connectivity index (χ2n) is 9.34. The van der Waals surface area contributed by atoms with E-state index in [1.807, 2.05) is 32.2 Å². The summed E-state index contributed by atoms with van der Waals surface area (Å²) in [5.41, 5.74) is 2.25. The lowest BCUT2D eigenvalue weighted by molar-refractivity contribution is -0.577. The van der Waals surface area contributed by atoms with Crippen molar-refractivity contribution >= 4 is 23.1 Å². The van der Waals surface area contributed by atoms with Crippen LogP contribution in [0.25, 0.3) is 17.0 Å². The smallest absolute Gasteiger partial charge is 0.327 e. The molecule has 3 heterocycles. The van der Waals surface area contributed by atoms with E-state index >= 15 is 0 Å². The summed E-state index contributed by atoms with van der Waals surface area (Å²) < 4.78 is 16.4. The highest BCUT2D eigenvalue weighted by molar-refractivity contribution is 6.45. The fourth-order valence-corrected chi connectivity index (χ4v) is 5.24. The highest BCUT2D eigenvalue weighted by Gasteiger charge is 2.49. The monoisotopic (exact) mass is 488 g/mol. The molecule has 186 valence electrons. The molecule has 1 aliphatic carbocycles. The Hall–Kier alpha value is -3.81. The van der Waals surface area contributed by atoms with Gasteiger partial charge in [-0.3, -0.25) is 14.5 Å². The number of hydrogen-bond donors (Lipinski definition) is 0. The lowest BCUT2D eigenvalue weighted by Gasteiger charge is -2.29. The molecule has 3 aromatic rings. The maximum atomic E-state index is 14.0. The Morgan fingerprint density at radius 2 is 1.75 bits per heavy atom. The van der Waals surface area contributed by atoms with Gasteiger partial charge in [-0.2, -0.15) is 9.67 Å². The van der Waals surface area contributed by atoms with E-state index in [2.05, 4.69) is 5.10 Å². The van der Waals surface area contributed by atoms with Crippen LogP contribution < -0.4 is 9.67 Å². The van der Waals surface area contributed by atoms with Crippen molar-refractivity contribution in [1.29, 1.82) is 0 Å². The molecular weight excluding hydrogens is 459 g/mol. The van der Waals surface area contributed by atoms with E-state index in [1.165, 1.54) is 33.8 Å². The zero-order chi connectivity index (χ0) is 25.4. The number of amides is 2. The van der Waals surface area contributed by atoms with E-state index < -0.39 is 17.6 Å². The molecule has 0 N–H and O–H groups in total. The Kier molecular flexibility index (Phi) is 6.43. The number of imide groups is 1. The standard InChI is InChI=1S/C28H29FN4O3/c1-3-18-9-8-16-31(17-18)25-24(26(34)32(28(25)36)20-10-6-5-7-11-20)23-22(4-2)30-33(27(23)35)21-14-12-19(29)13-15-21/h8-9,12-17,20H,3-7,10-11H2,1-2H3. The minimum atomic E-state index is -0.496. The molecule has 0 radical (unpaired) electrons. The first-order valence-corrected chi connectivity index (χ1v) is 12.6. The van der Waals surface area contributed by atoms with Gasteiger partial charge in [0, 0.05) is 23.2 Å². The number of halogens is 1. The first kappa shape index (κ1) is 23.9. The van der Waals surface area contributed by atoms with E-state index in [4.69, 9.17) is 0 Å². The summed E-state index contributed by atoms with van der Waals surface area (Å²) in [6.07, 6.45) is 9.25. The second kappa shape index (κ2) is 9.68. The van der Waals surface area contributed by atoms with Crippen molar-refractivity contribution in [3.63, 3.8) is 0 Å². The number of rotatable bonds is 6. The summed E-state index contributed by atoms with van der Waals surface area (Å²) in [7, 11) is 0. The first-order chi connectivity index (χ1) is 17.4. The third-order valence-electron chi connectivity index (χ3n) is 7.13. The lowest BCUT2D eigenvalue weighted by Crippen LogP contribution is -2.45. The molecule has 0 saturated heterocycles. The largest absolute Gasteiger partial charge is 0.858 e. The Labute approximate surface area is 209 Å². The number of pyridine rings is 1. The highest BCUT2D eigenvalue weighted by atomic mass is 19.1. The van der Waals surface area contributed by atoms with Crippen molar-refractivity contribution < 1.29 is 23.7 Å². The molecule has 8 heteroatoms. The van der Waals surface area contributed by atoms with Gasteiger partial charge in [0.15, 0.2) is 12.4 Å². The summed E-state index contributed by atoms with van der Waals surface area (Å²) in [6.45, 7) is 3.87. The van der Waals surface area contributed by atoms with E-state index in [-0.39, 0.29) is 28.8 Å². The fourth-order valence-electron chi connectivity index (χ4n) is 5.24. The van der Waals surface area contributed by atoms with Gasteiger partial charge in [0.25, 0.3) is 11.6 Å². The Balaban J connectivity index is 1.72. The number of nitrogens with zero attached hydrogens (tertiary/aromatic N) is 4. The Bertz CT molecular complexity index is 1350. The van der Waals surface area contributed by atoms with Crippen LogP contribution in [-0.4, -0.2) is 32.5 Å². The number of hydrogen-bond acceptors (Lipinski definition) is 4. The van der Waals surface area contributed by atoms with Crippen LogP contribution in [-0.2, 0) is 22.4 Å². The number of aryl methyl sites for hydroxylation is 2. The normalized spacial score (nSPS) is 16.9. The number of benzene rings is 1. The van der Waals surface area contributed by atoms with Crippen molar-refractivity contribution in [2.24, 2.45) is 0 Å². The van der Waals surface area contributed by atoms with Crippen LogP contribution in [0.1, 0.15) is 62.8 Å². The number of carbonyl (C=O) groups excluding carboxylic acids is 2. The molecule has 2 amide bonds. The molecule has 1 fully saturated rings. The Morgan fingerprint density at radius 1 is 1.03 bits per heavy atom. The molecule has 0 spiro atoms. The van der Waals surface area contributed by atoms with Crippen LogP contribution in [0.2, 0.25) is 0 Å². The van der Waals surface area contributed by atoms with Crippen molar-refractivity contribution in [3.05, 3.63) is 71.4 Å². The molecule has 1 aliphatic heterocycles. The predicted molar refractivity (Wildman–Crippen MR) is 130 cm³/mol. The summed E-state index contributed by atoms with van der Waals surface area (Å²) >= 11 is 0. The topological polar surface area (TPSA) is 82.1 Å². The van der Waals surface area contributed by atoms with Crippen molar-refractivity contribution in [1.82, 2.24) is 14.7 Å². The minimum Gasteiger partial charge on any atom is -0.858 e. The third kappa shape index (κ3) is 4.00. The molecule has 2 aliphatic rings. The summed E-state index contributed by atoms with van der Waals surface area (Å²) in [4.78, 5) is 29.2. The molecular formula is C28H29FN4O3. The molecule has 0 bridgehead atoms. The van der Waals surface area contributed by atoms with Crippen molar-refractivity contribution in [3.8, 4) is 11.6 Å². The molecule has 7 nitrogen and oxygen atoms in total. The van der Waals surface area contributed by atoms with Gasteiger partial charge in [-0.05, 0) is 61.9 Å². The summed E-state index contributed by atoms with van der Waals surface area (Å²) in [6, 6.07) is 9.07. The number of carbonyl (C=O) groups is 2. The zero-order valence-electron chi connectivity index (χ0n) is 20.5. The first-order valence-electron chi connectivity index (χ1n) is 12.6. The number of aromatic nitrogens is 3. The quantitative estimate of drug-likeness (QED) is 0.392. The van der Waals surface area contributed by atoms with Crippen molar-refractivity contribution in [2.45, 2.75) is 64.8 Å². The summed E-state index contributed by atoms with van der Waals surface area (Å²) in [5, 5.41) is 18.2. The van der Waals surface area contributed by atoms with Gasteiger partial charge >= 0.3 is 5.91 Å². The zero-order valence-corrected chi connectivity index (χ0v) is 20.5. The second-order valence-corrected chi connectivity index (χ2v) is 9.34. The fraction of sp³-hybridized carbons (Fsp3) is 0.357. The van der Waals surface area contributed by atoms with E-state index in [0.29, 0.717) is 17.8 Å². The SMILES string of the molecule is CCc1ccc[n+](C2=C(c3c(CC)nn(-c4ccc(F)cc4)c3[O-])C(=O)N(C3CCCCC3)C2=O)c1. The summed E-state index contributed by atoms with van der Waals surface area (Å²) in [5.74, 6) is -1.74. The predicted octanol–water partition coefficient (Wildman–Crippen LogP) is 3.57. The molecule has 2 aromatic heterocycles. The van der Waals surface area contributed by atoms with Gasteiger partial charge in [-0.1, -0.05) is 33.1 Å². The highest BCUT2D eigenvalue weighted by Crippen LogP contribution is 2.39. The molecule has 1 saturated carbocycles. The maximum absolute atomic E-state index is 14.0. The van der Waals surface area contributed by atoms with Crippen LogP contribution in [0.3, 0.4) is 0 Å². The van der Waals surface area contributed by atoms with Gasteiger partial charge in [-0.25, -0.2) is 9.07 Å². The van der Waals surface area contributed by atoms with E-state index in [9.17, 15) is 19.1 Å². The van der Waals surface area contributed by atoms with Gasteiger partial charge in [0.2, 0.25) is 0 Å². The van der Waals surface area contributed by atoms with Crippen molar-refractivity contribution in [2.75, 3.05) is 0 Å². The molecule has 0 atom stereocenters. The van der Waals surface area contributed by atoms with Gasteiger partial charge < -0.3 is 5.11 Å². The van der Waals surface area contributed by atoms with E-state index in [1.54, 1.807) is 10.8 Å². The Morgan fingerprint density at radius 3 is 2.42 bits per heavy atom. The molecule has 5 rings (SSSR count). The van der Waals surface area contributed by atoms with Crippen LogP contribution in [0.4, 0.5) is 4.39 Å². The average Bonchev–Trinajstić information content (AvgIpc) is 3.36. The van der Waals surface area contributed by atoms with Gasteiger partial charge in [-0.15, -0.1) is 0 Å². The van der Waals surface area contributed by atoms with Gasteiger partial charge in [0.05, 0.1) is 11.4 Å². The van der Waals surface area contributed by atoms with Crippen LogP contribution in [0, 0.1) is 5.82 Å². The van der Waals surface area contributed by atoms with Crippen LogP contribution >= 0.6 is 0 Å². The van der Waals surface area contributed by atoms with Gasteiger partial charge in [0.1, 0.15) is 11.4 Å². The molecule has 0 unspecified atom stereocenters. The molecule has 1 aromatic carbocycles. The maximum Gasteiger partial charge on any atom is 0.327 e. The average molecular weight is 489 g/mol. The minimum absolute atomic E-state index is 0.0963. The lowest BCUT2D eigenvalue weighted by atomic mass is 9.94. The van der Waals surface area contributed by atoms with Crippen LogP contribution in [0.15, 0.2) is 48.8 Å². The molecule has 36 heavy (non-hydrogen) atoms. The van der Waals surface area contributed by atoms with Crippen LogP contribution in [0.5, 0.6) is 5.88 Å². The van der Waals surface area contributed by atoms with E-state index in [0.717, 1.165) is 44.1 Å².